The Kier molecular flexibility index (Phi) is 3.89. The summed E-state index contributed by atoms with van der Waals surface area (Å²) in [6.45, 7) is 1.92. The molecule has 7 heteroatoms. The summed E-state index contributed by atoms with van der Waals surface area (Å²) in [7, 11) is 0. The molecule has 114 valence electrons. The van der Waals surface area contributed by atoms with Crippen LogP contribution in [0, 0.1) is 18.3 Å². The van der Waals surface area contributed by atoms with Crippen LogP contribution in [0.2, 0.25) is 0 Å². The molecule has 0 aliphatic carbocycles. The molecular weight excluding hydrogens is 292 g/mol. The summed E-state index contributed by atoms with van der Waals surface area (Å²) in [5, 5.41) is 20.3. The lowest BCUT2D eigenvalue weighted by Crippen LogP contribution is -2.21. The van der Waals surface area contributed by atoms with E-state index in [0.717, 1.165) is 11.4 Å². The van der Waals surface area contributed by atoms with Crippen molar-refractivity contribution in [2.24, 2.45) is 0 Å². The highest BCUT2D eigenvalue weighted by atomic mass is 16.2. The number of benzene rings is 1. The Morgan fingerprint density at radius 1 is 1.30 bits per heavy atom. The monoisotopic (exact) mass is 306 g/mol. The predicted molar refractivity (Wildman–Crippen MR) is 83.9 cm³/mol. The van der Waals surface area contributed by atoms with E-state index < -0.39 is 0 Å². The lowest BCUT2D eigenvalue weighted by atomic mass is 10.3. The van der Waals surface area contributed by atoms with Gasteiger partial charge in [-0.3, -0.25) is 9.48 Å². The Bertz CT molecular complexity index is 872. The third-order valence-electron chi connectivity index (χ3n) is 3.23. The topological polar surface area (TPSA) is 88.5 Å². The van der Waals surface area contributed by atoms with Gasteiger partial charge in [0.2, 0.25) is 5.91 Å². The Morgan fingerprint density at radius 2 is 2.09 bits per heavy atom. The molecule has 0 radical (unpaired) electrons. The predicted octanol–water partition coefficient (Wildman–Crippen LogP) is 1.89. The molecule has 0 fully saturated rings. The van der Waals surface area contributed by atoms with Gasteiger partial charge in [0.25, 0.3) is 0 Å². The van der Waals surface area contributed by atoms with Gasteiger partial charge in [-0.05, 0) is 25.1 Å². The number of carbonyl (C=O) groups excluding carboxylic acids is 1. The molecule has 2 heterocycles. The standard InChI is InChI=1S/C16H14N6O/c1-12-7-8-21(20-12)11-15(23)19-16-13(9-17)10-18-22(16)14-5-3-2-4-6-14/h2-8,10H,11H2,1H3,(H,19,23). The molecule has 0 saturated carbocycles. The van der Waals surface area contributed by atoms with Gasteiger partial charge in [-0.25, -0.2) is 4.68 Å². The molecule has 0 bridgehead atoms. The molecular formula is C16H14N6O. The van der Waals surface area contributed by atoms with Crippen molar-refractivity contribution >= 4 is 11.7 Å². The molecule has 7 nitrogen and oxygen atoms in total. The highest BCUT2D eigenvalue weighted by molar-refractivity contribution is 5.91. The summed E-state index contributed by atoms with van der Waals surface area (Å²) in [6, 6.07) is 13.2. The molecule has 1 aromatic carbocycles. The number of hydrogen-bond acceptors (Lipinski definition) is 4. The second-order valence-electron chi connectivity index (χ2n) is 4.97. The van der Waals surface area contributed by atoms with Gasteiger partial charge in [0.05, 0.1) is 17.6 Å². The van der Waals surface area contributed by atoms with Crippen molar-refractivity contribution in [1.82, 2.24) is 19.6 Å². The van der Waals surface area contributed by atoms with Crippen LogP contribution in [-0.4, -0.2) is 25.5 Å². The number of amides is 1. The zero-order valence-electron chi connectivity index (χ0n) is 12.5. The zero-order chi connectivity index (χ0) is 16.2. The van der Waals surface area contributed by atoms with Gasteiger partial charge in [-0.15, -0.1) is 0 Å². The first kappa shape index (κ1) is 14.5. The quantitative estimate of drug-likeness (QED) is 0.797. The molecule has 0 aliphatic rings. The molecule has 23 heavy (non-hydrogen) atoms. The minimum Gasteiger partial charge on any atom is -0.308 e. The van der Waals surface area contributed by atoms with Gasteiger partial charge < -0.3 is 5.32 Å². The molecule has 1 amide bonds. The molecule has 0 aliphatic heterocycles. The maximum absolute atomic E-state index is 12.2. The number of hydrogen-bond donors (Lipinski definition) is 1. The lowest BCUT2D eigenvalue weighted by Gasteiger charge is -2.09. The number of nitrogens with one attached hydrogen (secondary N) is 1. The van der Waals surface area contributed by atoms with Crippen LogP contribution in [0.4, 0.5) is 5.82 Å². The number of para-hydroxylation sites is 1. The fourth-order valence-corrected chi connectivity index (χ4v) is 2.19. The number of aryl methyl sites for hydroxylation is 1. The largest absolute Gasteiger partial charge is 0.308 e. The molecule has 3 rings (SSSR count). The maximum Gasteiger partial charge on any atom is 0.247 e. The molecule has 3 aromatic rings. The van der Waals surface area contributed by atoms with Crippen LogP contribution >= 0.6 is 0 Å². The fourth-order valence-electron chi connectivity index (χ4n) is 2.19. The number of rotatable bonds is 4. The van der Waals surface area contributed by atoms with Crippen molar-refractivity contribution in [1.29, 1.82) is 5.26 Å². The van der Waals surface area contributed by atoms with Crippen LogP contribution in [-0.2, 0) is 11.3 Å². The summed E-state index contributed by atoms with van der Waals surface area (Å²) >= 11 is 0. The van der Waals surface area contributed by atoms with Gasteiger partial charge in [-0.2, -0.15) is 15.5 Å². The molecule has 2 aromatic heterocycles. The van der Waals surface area contributed by atoms with Gasteiger partial charge >= 0.3 is 0 Å². The van der Waals surface area contributed by atoms with E-state index in [1.165, 1.54) is 10.9 Å². The van der Waals surface area contributed by atoms with E-state index in [0.29, 0.717) is 11.4 Å². The number of anilines is 1. The van der Waals surface area contributed by atoms with Crippen LogP contribution < -0.4 is 5.32 Å². The molecule has 1 N–H and O–H groups in total. The van der Waals surface area contributed by atoms with Crippen molar-refractivity contribution in [2.75, 3.05) is 5.32 Å². The summed E-state index contributed by atoms with van der Waals surface area (Å²) in [5.74, 6) is 0.0786. The van der Waals surface area contributed by atoms with E-state index >= 15 is 0 Å². The van der Waals surface area contributed by atoms with Crippen LogP contribution in [0.25, 0.3) is 5.69 Å². The number of carbonyl (C=O) groups is 1. The van der Waals surface area contributed by atoms with E-state index in [2.05, 4.69) is 15.5 Å². The first-order valence-corrected chi connectivity index (χ1v) is 7.01. The number of aromatic nitrogens is 4. The average Bonchev–Trinajstić information content (AvgIpc) is 3.14. The highest BCUT2D eigenvalue weighted by Gasteiger charge is 2.15. The maximum atomic E-state index is 12.2. The van der Waals surface area contributed by atoms with Gasteiger partial charge in [-0.1, -0.05) is 18.2 Å². The SMILES string of the molecule is Cc1ccn(CC(=O)Nc2c(C#N)cnn2-c2ccccc2)n1. The molecule has 0 atom stereocenters. The Hall–Kier alpha value is -3.40. The molecule has 0 unspecified atom stereocenters. The Labute approximate surface area is 132 Å². The van der Waals surface area contributed by atoms with Crippen molar-refractivity contribution in [3.63, 3.8) is 0 Å². The van der Waals surface area contributed by atoms with Crippen molar-refractivity contribution in [3.8, 4) is 11.8 Å². The van der Waals surface area contributed by atoms with Crippen LogP contribution in [0.1, 0.15) is 11.3 Å². The van der Waals surface area contributed by atoms with E-state index in [-0.39, 0.29) is 12.5 Å². The second-order valence-corrected chi connectivity index (χ2v) is 4.97. The summed E-state index contributed by atoms with van der Waals surface area (Å²) < 4.78 is 3.07. The summed E-state index contributed by atoms with van der Waals surface area (Å²) in [6.07, 6.45) is 3.16. The molecule has 0 spiro atoms. The van der Waals surface area contributed by atoms with Crippen LogP contribution in [0.5, 0.6) is 0 Å². The van der Waals surface area contributed by atoms with Gasteiger partial charge in [0, 0.05) is 6.20 Å². The van der Waals surface area contributed by atoms with E-state index in [1.54, 1.807) is 10.9 Å². The van der Waals surface area contributed by atoms with Gasteiger partial charge in [0.15, 0.2) is 5.82 Å². The summed E-state index contributed by atoms with van der Waals surface area (Å²) in [5.41, 5.74) is 1.91. The highest BCUT2D eigenvalue weighted by Crippen LogP contribution is 2.19. The number of nitrogens with zero attached hydrogens (tertiary/aromatic N) is 5. The zero-order valence-corrected chi connectivity index (χ0v) is 12.5. The van der Waals surface area contributed by atoms with Crippen LogP contribution in [0.3, 0.4) is 0 Å². The normalized spacial score (nSPS) is 10.3. The van der Waals surface area contributed by atoms with Crippen LogP contribution in [0.15, 0.2) is 48.8 Å². The van der Waals surface area contributed by atoms with Gasteiger partial charge in [0.1, 0.15) is 18.2 Å². The van der Waals surface area contributed by atoms with Crippen molar-refractivity contribution in [2.45, 2.75) is 13.5 Å². The summed E-state index contributed by atoms with van der Waals surface area (Å²) in [4.78, 5) is 12.2. The lowest BCUT2D eigenvalue weighted by molar-refractivity contribution is -0.116. The minimum atomic E-state index is -0.276. The molecule has 0 saturated heterocycles. The Morgan fingerprint density at radius 3 is 2.74 bits per heavy atom. The van der Waals surface area contributed by atoms with E-state index in [9.17, 15) is 10.1 Å². The first-order chi connectivity index (χ1) is 11.2. The van der Waals surface area contributed by atoms with E-state index in [4.69, 9.17) is 0 Å². The third-order valence-corrected chi connectivity index (χ3v) is 3.23. The fraction of sp³-hybridized carbons (Fsp3) is 0.125. The van der Waals surface area contributed by atoms with Crippen molar-refractivity contribution < 1.29 is 4.79 Å². The Balaban J connectivity index is 1.86. The second kappa shape index (κ2) is 6.15. The number of nitriles is 1. The first-order valence-electron chi connectivity index (χ1n) is 7.01. The third kappa shape index (κ3) is 3.11. The van der Waals surface area contributed by atoms with Crippen molar-refractivity contribution in [3.05, 3.63) is 60.0 Å². The smallest absolute Gasteiger partial charge is 0.247 e. The average molecular weight is 306 g/mol. The van der Waals surface area contributed by atoms with E-state index in [1.807, 2.05) is 49.4 Å². The minimum absolute atomic E-state index is 0.0681.